The molecule has 0 aromatic heterocycles. The second-order valence-electron chi connectivity index (χ2n) is 2.99. The lowest BCUT2D eigenvalue weighted by atomic mass is 10.1. The Labute approximate surface area is 76.2 Å². The van der Waals surface area contributed by atoms with Crippen molar-refractivity contribution in [1.82, 2.24) is 0 Å². The van der Waals surface area contributed by atoms with E-state index in [0.717, 1.165) is 22.7 Å². The molecular formula is C9H10ClNO. The van der Waals surface area contributed by atoms with Gasteiger partial charge in [0.25, 0.3) is 0 Å². The van der Waals surface area contributed by atoms with Crippen molar-refractivity contribution in [2.45, 2.75) is 12.5 Å². The van der Waals surface area contributed by atoms with Crippen molar-refractivity contribution >= 4 is 17.3 Å². The summed E-state index contributed by atoms with van der Waals surface area (Å²) in [6.45, 7) is 0.158. The first-order valence-corrected chi connectivity index (χ1v) is 4.34. The third-order valence-electron chi connectivity index (χ3n) is 2.15. The van der Waals surface area contributed by atoms with Gasteiger partial charge < -0.3 is 10.4 Å². The van der Waals surface area contributed by atoms with Crippen LogP contribution in [0.3, 0.4) is 0 Å². The van der Waals surface area contributed by atoms with Crippen molar-refractivity contribution in [3.05, 3.63) is 28.8 Å². The van der Waals surface area contributed by atoms with Gasteiger partial charge in [0.05, 0.1) is 12.6 Å². The number of fused-ring (bicyclic) bond motifs is 1. The van der Waals surface area contributed by atoms with E-state index >= 15 is 0 Å². The van der Waals surface area contributed by atoms with Crippen molar-refractivity contribution < 1.29 is 5.11 Å². The fraction of sp³-hybridized carbons (Fsp3) is 0.333. The molecule has 0 bridgehead atoms. The molecule has 0 radical (unpaired) electrons. The van der Waals surface area contributed by atoms with Crippen LogP contribution in [-0.2, 0) is 6.42 Å². The van der Waals surface area contributed by atoms with Gasteiger partial charge in [0, 0.05) is 10.7 Å². The maximum atomic E-state index is 8.92. The second kappa shape index (κ2) is 2.96. The summed E-state index contributed by atoms with van der Waals surface area (Å²) in [7, 11) is 0. The summed E-state index contributed by atoms with van der Waals surface area (Å²) in [5.41, 5.74) is 2.18. The van der Waals surface area contributed by atoms with Crippen LogP contribution in [0.5, 0.6) is 0 Å². The van der Waals surface area contributed by atoms with E-state index in [9.17, 15) is 0 Å². The standard InChI is InChI=1S/C9H10ClNO/c10-8-2-1-3-9-7(8)4-6(5-12)11-9/h1-3,6,11-12H,4-5H2. The number of anilines is 1. The zero-order chi connectivity index (χ0) is 8.55. The molecule has 12 heavy (non-hydrogen) atoms. The molecule has 3 heteroatoms. The third-order valence-corrected chi connectivity index (χ3v) is 2.50. The lowest BCUT2D eigenvalue weighted by Gasteiger charge is -2.04. The predicted octanol–water partition coefficient (Wildman–Crippen LogP) is 1.67. The highest BCUT2D eigenvalue weighted by Crippen LogP contribution is 2.31. The van der Waals surface area contributed by atoms with E-state index in [1.807, 2.05) is 18.2 Å². The molecule has 0 saturated heterocycles. The molecule has 1 aromatic carbocycles. The number of hydrogen-bond donors (Lipinski definition) is 2. The smallest absolute Gasteiger partial charge is 0.0636 e. The Morgan fingerprint density at radius 3 is 3.08 bits per heavy atom. The van der Waals surface area contributed by atoms with Crippen LogP contribution in [0, 0.1) is 0 Å². The molecule has 1 aromatic rings. The zero-order valence-corrected chi connectivity index (χ0v) is 7.30. The number of hydrogen-bond acceptors (Lipinski definition) is 2. The van der Waals surface area contributed by atoms with E-state index in [2.05, 4.69) is 5.32 Å². The highest BCUT2D eigenvalue weighted by atomic mass is 35.5. The number of halogens is 1. The normalized spacial score (nSPS) is 20.3. The Kier molecular flexibility index (Phi) is 1.95. The first-order chi connectivity index (χ1) is 5.81. The monoisotopic (exact) mass is 183 g/mol. The Hall–Kier alpha value is -0.730. The molecule has 0 amide bonds. The van der Waals surface area contributed by atoms with Crippen LogP contribution in [0.4, 0.5) is 5.69 Å². The number of benzene rings is 1. The lowest BCUT2D eigenvalue weighted by molar-refractivity contribution is 0.277. The van der Waals surface area contributed by atoms with Gasteiger partial charge in [-0.05, 0) is 24.1 Å². The van der Waals surface area contributed by atoms with Gasteiger partial charge in [0.15, 0.2) is 0 Å². The van der Waals surface area contributed by atoms with Gasteiger partial charge in [-0.15, -0.1) is 0 Å². The maximum absolute atomic E-state index is 8.92. The summed E-state index contributed by atoms with van der Waals surface area (Å²) in [4.78, 5) is 0. The molecule has 1 heterocycles. The minimum atomic E-state index is 0.139. The Morgan fingerprint density at radius 1 is 1.58 bits per heavy atom. The average molecular weight is 184 g/mol. The SMILES string of the molecule is OCC1Cc2c(Cl)cccc2N1. The fourth-order valence-electron chi connectivity index (χ4n) is 1.53. The fourth-order valence-corrected chi connectivity index (χ4v) is 1.78. The molecular weight excluding hydrogens is 174 g/mol. The second-order valence-corrected chi connectivity index (χ2v) is 3.40. The lowest BCUT2D eigenvalue weighted by Crippen LogP contribution is -2.19. The average Bonchev–Trinajstić information content (AvgIpc) is 2.49. The summed E-state index contributed by atoms with van der Waals surface area (Å²) in [5, 5.41) is 12.9. The zero-order valence-electron chi connectivity index (χ0n) is 6.55. The highest BCUT2D eigenvalue weighted by molar-refractivity contribution is 6.31. The van der Waals surface area contributed by atoms with E-state index in [-0.39, 0.29) is 12.6 Å². The van der Waals surface area contributed by atoms with Crippen molar-refractivity contribution in [2.24, 2.45) is 0 Å². The summed E-state index contributed by atoms with van der Waals surface area (Å²) in [6.07, 6.45) is 0.825. The van der Waals surface area contributed by atoms with E-state index < -0.39 is 0 Å². The molecule has 0 fully saturated rings. The van der Waals surface area contributed by atoms with Crippen LogP contribution in [0.2, 0.25) is 5.02 Å². The molecule has 1 unspecified atom stereocenters. The van der Waals surface area contributed by atoms with Crippen LogP contribution >= 0.6 is 11.6 Å². The van der Waals surface area contributed by atoms with E-state index in [1.54, 1.807) is 0 Å². The summed E-state index contributed by atoms with van der Waals surface area (Å²) >= 11 is 5.97. The molecule has 64 valence electrons. The molecule has 2 nitrogen and oxygen atoms in total. The van der Waals surface area contributed by atoms with Crippen LogP contribution in [0.25, 0.3) is 0 Å². The Morgan fingerprint density at radius 2 is 2.42 bits per heavy atom. The summed E-state index contributed by atoms with van der Waals surface area (Å²) in [6, 6.07) is 5.91. The predicted molar refractivity (Wildman–Crippen MR) is 49.7 cm³/mol. The Bertz CT molecular complexity index is 301. The van der Waals surface area contributed by atoms with Gasteiger partial charge in [0.1, 0.15) is 0 Å². The molecule has 2 N–H and O–H groups in total. The van der Waals surface area contributed by atoms with E-state index in [1.165, 1.54) is 0 Å². The van der Waals surface area contributed by atoms with Gasteiger partial charge in [-0.2, -0.15) is 0 Å². The van der Waals surface area contributed by atoms with Gasteiger partial charge in [-0.25, -0.2) is 0 Å². The topological polar surface area (TPSA) is 32.3 Å². The minimum absolute atomic E-state index is 0.139. The van der Waals surface area contributed by atoms with E-state index in [0.29, 0.717) is 0 Å². The van der Waals surface area contributed by atoms with Gasteiger partial charge in [-0.1, -0.05) is 17.7 Å². The van der Waals surface area contributed by atoms with Crippen molar-refractivity contribution in [3.8, 4) is 0 Å². The molecule has 0 spiro atoms. The first-order valence-electron chi connectivity index (χ1n) is 3.96. The highest BCUT2D eigenvalue weighted by Gasteiger charge is 2.21. The van der Waals surface area contributed by atoms with Gasteiger partial charge in [0.2, 0.25) is 0 Å². The molecule has 1 aliphatic heterocycles. The molecule has 2 rings (SSSR count). The van der Waals surface area contributed by atoms with Crippen LogP contribution in [0.1, 0.15) is 5.56 Å². The first kappa shape index (κ1) is 7.90. The van der Waals surface area contributed by atoms with Crippen molar-refractivity contribution in [3.63, 3.8) is 0 Å². The summed E-state index contributed by atoms with van der Waals surface area (Å²) < 4.78 is 0. The number of rotatable bonds is 1. The largest absolute Gasteiger partial charge is 0.394 e. The minimum Gasteiger partial charge on any atom is -0.394 e. The van der Waals surface area contributed by atoms with Crippen LogP contribution in [0.15, 0.2) is 18.2 Å². The molecule has 1 atom stereocenters. The van der Waals surface area contributed by atoms with Crippen LogP contribution < -0.4 is 5.32 Å². The maximum Gasteiger partial charge on any atom is 0.0636 e. The molecule has 0 saturated carbocycles. The third kappa shape index (κ3) is 1.17. The van der Waals surface area contributed by atoms with E-state index in [4.69, 9.17) is 16.7 Å². The van der Waals surface area contributed by atoms with Gasteiger partial charge >= 0.3 is 0 Å². The molecule has 0 aliphatic carbocycles. The summed E-state index contributed by atoms with van der Waals surface area (Å²) in [5.74, 6) is 0. The van der Waals surface area contributed by atoms with Gasteiger partial charge in [-0.3, -0.25) is 0 Å². The Balaban J connectivity index is 2.35. The van der Waals surface area contributed by atoms with Crippen molar-refractivity contribution in [2.75, 3.05) is 11.9 Å². The van der Waals surface area contributed by atoms with Crippen LogP contribution in [-0.4, -0.2) is 17.8 Å². The quantitative estimate of drug-likeness (QED) is 0.694. The molecule has 1 aliphatic rings. The number of nitrogens with one attached hydrogen (secondary N) is 1. The number of aliphatic hydroxyl groups is 1. The number of aliphatic hydroxyl groups excluding tert-OH is 1. The van der Waals surface area contributed by atoms with Crippen molar-refractivity contribution in [1.29, 1.82) is 0 Å².